The molecule has 6 nitrogen and oxygen atoms in total. The van der Waals surface area contributed by atoms with E-state index in [0.29, 0.717) is 5.69 Å². The molecule has 7 heteroatoms. The van der Waals surface area contributed by atoms with E-state index in [1.54, 1.807) is 25.3 Å². The Hall–Kier alpha value is -2.28. The molecular weight excluding hydrogens is 312 g/mol. The van der Waals surface area contributed by atoms with Gasteiger partial charge in [0.2, 0.25) is 0 Å². The molecule has 2 N–H and O–H groups in total. The van der Waals surface area contributed by atoms with Crippen LogP contribution in [0.2, 0.25) is 0 Å². The normalized spacial score (nSPS) is 12.5. The summed E-state index contributed by atoms with van der Waals surface area (Å²) < 4.78 is 0. The van der Waals surface area contributed by atoms with Crippen LogP contribution in [-0.2, 0) is 15.0 Å². The second kappa shape index (κ2) is 6.87. The molecule has 122 valence electrons. The Labute approximate surface area is 139 Å². The van der Waals surface area contributed by atoms with Crippen LogP contribution in [0.25, 0.3) is 0 Å². The first-order valence-corrected chi connectivity index (χ1v) is 8.13. The molecular formula is C16H20N4O2S. The number of hydrogen-bond acceptors (Lipinski definition) is 5. The molecule has 2 amide bonds. The summed E-state index contributed by atoms with van der Waals surface area (Å²) in [7, 11) is 0. The van der Waals surface area contributed by atoms with E-state index in [9.17, 15) is 9.59 Å². The number of pyridine rings is 1. The molecule has 0 spiro atoms. The Morgan fingerprint density at radius 1 is 1.26 bits per heavy atom. The molecule has 0 aliphatic heterocycles. The highest BCUT2D eigenvalue weighted by molar-refractivity contribution is 7.09. The van der Waals surface area contributed by atoms with E-state index in [1.807, 2.05) is 5.38 Å². The highest BCUT2D eigenvalue weighted by Gasteiger charge is 2.22. The molecule has 0 radical (unpaired) electrons. The number of amides is 2. The Kier molecular flexibility index (Phi) is 5.10. The molecule has 0 saturated carbocycles. The molecule has 2 aromatic rings. The van der Waals surface area contributed by atoms with Gasteiger partial charge >= 0.3 is 11.8 Å². The largest absolute Gasteiger partial charge is 0.339 e. The van der Waals surface area contributed by atoms with Gasteiger partial charge in [-0.3, -0.25) is 14.6 Å². The van der Waals surface area contributed by atoms with Crippen molar-refractivity contribution in [1.82, 2.24) is 15.3 Å². The van der Waals surface area contributed by atoms with Crippen molar-refractivity contribution >= 4 is 28.8 Å². The van der Waals surface area contributed by atoms with Gasteiger partial charge in [-0.25, -0.2) is 4.98 Å². The Morgan fingerprint density at radius 3 is 2.57 bits per heavy atom. The lowest BCUT2D eigenvalue weighted by Crippen LogP contribution is -2.36. The highest BCUT2D eigenvalue weighted by Crippen LogP contribution is 2.26. The number of thiazole rings is 1. The summed E-state index contributed by atoms with van der Waals surface area (Å²) in [6.45, 7) is 8.05. The van der Waals surface area contributed by atoms with Crippen LogP contribution in [0.1, 0.15) is 44.4 Å². The molecule has 2 heterocycles. The molecule has 2 rings (SSSR count). The van der Waals surface area contributed by atoms with E-state index >= 15 is 0 Å². The molecule has 0 aliphatic carbocycles. The number of rotatable bonds is 3. The maximum Gasteiger partial charge on any atom is 0.313 e. The molecule has 1 atom stereocenters. The van der Waals surface area contributed by atoms with Crippen molar-refractivity contribution < 1.29 is 9.59 Å². The summed E-state index contributed by atoms with van der Waals surface area (Å²) in [5.41, 5.74) is 1.40. The number of aromatic nitrogens is 2. The molecule has 2 aromatic heterocycles. The molecule has 0 aromatic carbocycles. The zero-order chi connectivity index (χ0) is 17.0. The van der Waals surface area contributed by atoms with E-state index in [2.05, 4.69) is 41.4 Å². The fraction of sp³-hybridized carbons (Fsp3) is 0.375. The average Bonchev–Trinajstić information content (AvgIpc) is 2.98. The average molecular weight is 332 g/mol. The van der Waals surface area contributed by atoms with Gasteiger partial charge in [0.25, 0.3) is 0 Å². The number of hydrogen-bond donors (Lipinski definition) is 2. The van der Waals surface area contributed by atoms with Crippen LogP contribution < -0.4 is 10.6 Å². The molecule has 0 bridgehead atoms. The lowest BCUT2D eigenvalue weighted by Gasteiger charge is -2.15. The minimum Gasteiger partial charge on any atom is -0.339 e. The van der Waals surface area contributed by atoms with Crippen LogP contribution in [0.3, 0.4) is 0 Å². The minimum atomic E-state index is -0.725. The first kappa shape index (κ1) is 17.1. The molecule has 0 unspecified atom stereocenters. The van der Waals surface area contributed by atoms with Gasteiger partial charge in [0, 0.05) is 17.0 Å². The topological polar surface area (TPSA) is 84.0 Å². The summed E-state index contributed by atoms with van der Waals surface area (Å²) in [5.74, 6) is -1.42. The van der Waals surface area contributed by atoms with E-state index in [-0.39, 0.29) is 11.5 Å². The molecule has 0 fully saturated rings. The van der Waals surface area contributed by atoms with Crippen molar-refractivity contribution in [3.05, 3.63) is 40.6 Å². The first-order chi connectivity index (χ1) is 10.8. The number of carbonyl (C=O) groups is 2. The van der Waals surface area contributed by atoms with Crippen LogP contribution in [0.4, 0.5) is 5.69 Å². The van der Waals surface area contributed by atoms with Crippen LogP contribution in [0.15, 0.2) is 29.9 Å². The van der Waals surface area contributed by atoms with Crippen LogP contribution >= 0.6 is 11.3 Å². The standard InChI is InChI=1S/C16H20N4O2S/c1-10(15-20-12(9-23-15)16(2,3)4)18-13(21)14(22)19-11-6-5-7-17-8-11/h5-10H,1-4H3,(H,18,21)(H,19,22)/t10-/m0/s1. The second-order valence-electron chi connectivity index (χ2n) is 6.21. The van der Waals surface area contributed by atoms with E-state index < -0.39 is 11.8 Å². The van der Waals surface area contributed by atoms with Gasteiger partial charge in [-0.2, -0.15) is 0 Å². The molecule has 0 aliphatic rings. The van der Waals surface area contributed by atoms with Crippen LogP contribution in [0, 0.1) is 0 Å². The smallest absolute Gasteiger partial charge is 0.313 e. The lowest BCUT2D eigenvalue weighted by molar-refractivity contribution is -0.136. The van der Waals surface area contributed by atoms with Crippen LogP contribution in [0.5, 0.6) is 0 Å². The number of nitrogens with zero attached hydrogens (tertiary/aromatic N) is 2. The highest BCUT2D eigenvalue weighted by atomic mass is 32.1. The van der Waals surface area contributed by atoms with E-state index in [4.69, 9.17) is 0 Å². The fourth-order valence-corrected chi connectivity index (χ4v) is 2.83. The van der Waals surface area contributed by atoms with Crippen molar-refractivity contribution in [3.8, 4) is 0 Å². The quantitative estimate of drug-likeness (QED) is 0.846. The van der Waals surface area contributed by atoms with Gasteiger partial charge in [0.1, 0.15) is 5.01 Å². The predicted octanol–water partition coefficient (Wildman–Crippen LogP) is 2.65. The number of nitrogens with one attached hydrogen (secondary N) is 2. The third kappa shape index (κ3) is 4.59. The third-order valence-corrected chi connectivity index (χ3v) is 4.16. The monoisotopic (exact) mass is 332 g/mol. The van der Waals surface area contributed by atoms with Crippen molar-refractivity contribution in [2.75, 3.05) is 5.32 Å². The number of carbonyl (C=O) groups excluding carboxylic acids is 2. The zero-order valence-electron chi connectivity index (χ0n) is 13.6. The van der Waals surface area contributed by atoms with Crippen molar-refractivity contribution in [3.63, 3.8) is 0 Å². The van der Waals surface area contributed by atoms with Gasteiger partial charge in [0.15, 0.2) is 0 Å². The van der Waals surface area contributed by atoms with Gasteiger partial charge in [-0.15, -0.1) is 11.3 Å². The molecule has 23 heavy (non-hydrogen) atoms. The maximum atomic E-state index is 12.0. The molecule has 0 saturated heterocycles. The Morgan fingerprint density at radius 2 is 2.00 bits per heavy atom. The van der Waals surface area contributed by atoms with Gasteiger partial charge < -0.3 is 10.6 Å². The lowest BCUT2D eigenvalue weighted by atomic mass is 9.93. The summed E-state index contributed by atoms with van der Waals surface area (Å²) in [4.78, 5) is 32.3. The second-order valence-corrected chi connectivity index (χ2v) is 7.10. The van der Waals surface area contributed by atoms with Gasteiger partial charge in [0.05, 0.1) is 23.6 Å². The van der Waals surface area contributed by atoms with Gasteiger partial charge in [-0.05, 0) is 19.1 Å². The van der Waals surface area contributed by atoms with Gasteiger partial charge in [-0.1, -0.05) is 20.8 Å². The predicted molar refractivity (Wildman–Crippen MR) is 90.2 cm³/mol. The maximum absolute atomic E-state index is 12.0. The minimum absolute atomic E-state index is 0.0455. The van der Waals surface area contributed by atoms with E-state index in [0.717, 1.165) is 10.7 Å². The zero-order valence-corrected chi connectivity index (χ0v) is 14.4. The van der Waals surface area contributed by atoms with Crippen molar-refractivity contribution in [2.45, 2.75) is 39.2 Å². The summed E-state index contributed by atoms with van der Waals surface area (Å²) in [5, 5.41) is 7.91. The fourth-order valence-electron chi connectivity index (χ4n) is 1.78. The summed E-state index contributed by atoms with van der Waals surface area (Å²) >= 11 is 1.47. The Balaban J connectivity index is 1.96. The van der Waals surface area contributed by atoms with Crippen LogP contribution in [-0.4, -0.2) is 21.8 Å². The van der Waals surface area contributed by atoms with E-state index in [1.165, 1.54) is 17.5 Å². The summed E-state index contributed by atoms with van der Waals surface area (Å²) in [6, 6.07) is 3.01. The third-order valence-electron chi connectivity index (χ3n) is 3.13. The Bertz CT molecular complexity index is 692. The SMILES string of the molecule is C[C@H](NC(=O)C(=O)Nc1cccnc1)c1nc(C(C)(C)C)cs1. The van der Waals surface area contributed by atoms with Crippen molar-refractivity contribution in [2.24, 2.45) is 0 Å². The van der Waals surface area contributed by atoms with Crippen molar-refractivity contribution in [1.29, 1.82) is 0 Å². The first-order valence-electron chi connectivity index (χ1n) is 7.25. The number of anilines is 1. The summed E-state index contributed by atoms with van der Waals surface area (Å²) in [6.07, 6.45) is 3.07.